The number of carboxylic acids is 1. The lowest BCUT2D eigenvalue weighted by atomic mass is 10.0. The van der Waals surface area contributed by atoms with Crippen LogP contribution in [0.2, 0.25) is 0 Å². The van der Waals surface area contributed by atoms with Crippen molar-refractivity contribution < 1.29 is 19.2 Å². The molecule has 0 radical (unpaired) electrons. The van der Waals surface area contributed by atoms with Gasteiger partial charge in [0.25, 0.3) is 5.89 Å². The number of aliphatic carboxylic acids is 1. The number of carbonyl (C=O) groups is 1. The minimum Gasteiger partial charge on any atom is -0.490 e. The number of hydrogen-bond acceptors (Lipinski definition) is 7. The quantitative estimate of drug-likeness (QED) is 0.572. The second kappa shape index (κ2) is 8.81. The molecule has 4 rings (SSSR count). The second-order valence-corrected chi connectivity index (χ2v) is 8.10. The Morgan fingerprint density at radius 1 is 1.31 bits per heavy atom. The minimum atomic E-state index is -0.876. The summed E-state index contributed by atoms with van der Waals surface area (Å²) in [6.07, 6.45) is 1.55. The lowest BCUT2D eigenvalue weighted by molar-refractivity contribution is -0.139. The highest BCUT2D eigenvalue weighted by atomic mass is 16.5. The average Bonchev–Trinajstić information content (AvgIpc) is 3.41. The van der Waals surface area contributed by atoms with Gasteiger partial charge in [-0.3, -0.25) is 10.1 Å². The Hall–Kier alpha value is -3.70. The maximum atomic E-state index is 11.2. The van der Waals surface area contributed by atoms with E-state index >= 15 is 0 Å². The summed E-state index contributed by atoms with van der Waals surface area (Å²) < 4.78 is 11.2. The van der Waals surface area contributed by atoms with Gasteiger partial charge in [-0.2, -0.15) is 10.2 Å². The standard InChI is InChI=1S/C24H24N4O4/c1-13(2)31-21-10-7-15(11-16(21)12-25)23-27-22(28-32-23)19-6-4-5-18-17(19)8-9-20(18)26-14(3)24(29)30/h4-7,10-11,13-14,20,26H,8-9H2,1-3H3,(H,29,30)/t14-,20-/m0/s1. The predicted octanol–water partition coefficient (Wildman–Crippen LogP) is 4.11. The van der Waals surface area contributed by atoms with Crippen molar-refractivity contribution in [1.82, 2.24) is 15.5 Å². The highest BCUT2D eigenvalue weighted by Crippen LogP contribution is 2.37. The molecule has 164 valence electrons. The van der Waals surface area contributed by atoms with Gasteiger partial charge in [-0.1, -0.05) is 23.4 Å². The molecule has 1 aliphatic rings. The van der Waals surface area contributed by atoms with E-state index in [4.69, 9.17) is 9.26 Å². The molecule has 0 unspecified atom stereocenters. The summed E-state index contributed by atoms with van der Waals surface area (Å²) in [5.74, 6) is 0.419. The SMILES string of the molecule is CC(C)Oc1ccc(-c2nc(-c3cccc4c3CC[C@@H]4N[C@@H](C)C(=O)O)no2)cc1C#N. The van der Waals surface area contributed by atoms with Crippen LogP contribution < -0.4 is 10.1 Å². The van der Waals surface area contributed by atoms with Crippen molar-refractivity contribution in [3.8, 4) is 34.7 Å². The van der Waals surface area contributed by atoms with E-state index < -0.39 is 12.0 Å². The zero-order valence-electron chi connectivity index (χ0n) is 18.1. The molecule has 0 saturated carbocycles. The van der Waals surface area contributed by atoms with E-state index in [1.54, 1.807) is 25.1 Å². The fraction of sp³-hybridized carbons (Fsp3) is 0.333. The zero-order valence-corrected chi connectivity index (χ0v) is 18.1. The van der Waals surface area contributed by atoms with Crippen molar-refractivity contribution in [3.05, 3.63) is 53.1 Å². The Labute approximate surface area is 185 Å². The summed E-state index contributed by atoms with van der Waals surface area (Å²) in [5.41, 5.74) is 4.05. The number of fused-ring (bicyclic) bond motifs is 1. The number of aromatic nitrogens is 2. The molecule has 0 saturated heterocycles. The van der Waals surface area contributed by atoms with Gasteiger partial charge < -0.3 is 14.4 Å². The summed E-state index contributed by atoms with van der Waals surface area (Å²) in [6, 6.07) is 12.5. The number of nitrogens with one attached hydrogen (secondary N) is 1. The smallest absolute Gasteiger partial charge is 0.320 e. The summed E-state index contributed by atoms with van der Waals surface area (Å²) in [6.45, 7) is 5.45. The van der Waals surface area contributed by atoms with E-state index in [0.29, 0.717) is 28.6 Å². The molecule has 1 heterocycles. The molecular weight excluding hydrogens is 408 g/mol. The Bertz CT molecular complexity index is 1190. The van der Waals surface area contributed by atoms with Crippen LogP contribution in [0.3, 0.4) is 0 Å². The Morgan fingerprint density at radius 3 is 2.84 bits per heavy atom. The summed E-state index contributed by atoms with van der Waals surface area (Å²) >= 11 is 0. The molecule has 32 heavy (non-hydrogen) atoms. The average molecular weight is 432 g/mol. The molecule has 2 atom stereocenters. The van der Waals surface area contributed by atoms with Gasteiger partial charge in [0.1, 0.15) is 17.9 Å². The van der Waals surface area contributed by atoms with Gasteiger partial charge in [0.2, 0.25) is 5.82 Å². The maximum Gasteiger partial charge on any atom is 0.320 e. The first kappa shape index (κ1) is 21.5. The zero-order chi connectivity index (χ0) is 22.8. The van der Waals surface area contributed by atoms with Gasteiger partial charge in [-0.25, -0.2) is 0 Å². The monoisotopic (exact) mass is 432 g/mol. The molecule has 0 fully saturated rings. The van der Waals surface area contributed by atoms with Gasteiger partial charge in [0, 0.05) is 17.2 Å². The lowest BCUT2D eigenvalue weighted by Crippen LogP contribution is -2.35. The van der Waals surface area contributed by atoms with E-state index in [9.17, 15) is 15.2 Å². The number of carboxylic acid groups (broad SMARTS) is 1. The van der Waals surface area contributed by atoms with Gasteiger partial charge in [0.15, 0.2) is 0 Å². The van der Waals surface area contributed by atoms with Crippen LogP contribution in [0.5, 0.6) is 5.75 Å². The lowest BCUT2D eigenvalue weighted by Gasteiger charge is -2.17. The molecule has 0 bridgehead atoms. The largest absolute Gasteiger partial charge is 0.490 e. The van der Waals surface area contributed by atoms with Crippen molar-refractivity contribution in [2.75, 3.05) is 0 Å². The highest BCUT2D eigenvalue weighted by Gasteiger charge is 2.28. The van der Waals surface area contributed by atoms with E-state index in [2.05, 4.69) is 21.5 Å². The highest BCUT2D eigenvalue weighted by molar-refractivity contribution is 5.73. The molecule has 0 aliphatic heterocycles. The van der Waals surface area contributed by atoms with E-state index in [0.717, 1.165) is 29.5 Å². The first-order valence-electron chi connectivity index (χ1n) is 10.5. The molecule has 2 aromatic carbocycles. The Balaban J connectivity index is 1.62. The van der Waals surface area contributed by atoms with E-state index in [-0.39, 0.29) is 12.1 Å². The number of nitrogens with zero attached hydrogens (tertiary/aromatic N) is 3. The number of benzene rings is 2. The van der Waals surface area contributed by atoms with Crippen molar-refractivity contribution in [3.63, 3.8) is 0 Å². The molecule has 1 aliphatic carbocycles. The summed E-state index contributed by atoms with van der Waals surface area (Å²) in [5, 5.41) is 26.0. The molecule has 0 spiro atoms. The molecular formula is C24H24N4O4. The summed E-state index contributed by atoms with van der Waals surface area (Å²) in [7, 11) is 0. The molecule has 8 heteroatoms. The first-order valence-corrected chi connectivity index (χ1v) is 10.5. The maximum absolute atomic E-state index is 11.2. The fourth-order valence-corrected chi connectivity index (χ4v) is 3.97. The number of nitriles is 1. The topological polar surface area (TPSA) is 121 Å². The first-order chi connectivity index (χ1) is 15.4. The number of rotatable bonds is 7. The minimum absolute atomic E-state index is 0.0332. The van der Waals surface area contributed by atoms with Crippen LogP contribution in [0.1, 0.15) is 49.9 Å². The van der Waals surface area contributed by atoms with Crippen LogP contribution in [0.4, 0.5) is 0 Å². The van der Waals surface area contributed by atoms with Gasteiger partial charge in [-0.05, 0) is 62.9 Å². The third kappa shape index (κ3) is 4.20. The Morgan fingerprint density at radius 2 is 2.12 bits per heavy atom. The van der Waals surface area contributed by atoms with E-state index in [1.807, 2.05) is 32.0 Å². The van der Waals surface area contributed by atoms with Crippen LogP contribution in [-0.4, -0.2) is 33.4 Å². The van der Waals surface area contributed by atoms with Gasteiger partial charge in [-0.15, -0.1) is 0 Å². The van der Waals surface area contributed by atoms with Crippen LogP contribution in [0.25, 0.3) is 22.8 Å². The van der Waals surface area contributed by atoms with Crippen LogP contribution >= 0.6 is 0 Å². The molecule has 3 aromatic rings. The van der Waals surface area contributed by atoms with Crippen LogP contribution in [0, 0.1) is 11.3 Å². The van der Waals surface area contributed by atoms with Crippen LogP contribution in [-0.2, 0) is 11.2 Å². The fourth-order valence-electron chi connectivity index (χ4n) is 3.97. The molecule has 0 amide bonds. The predicted molar refractivity (Wildman–Crippen MR) is 117 cm³/mol. The van der Waals surface area contributed by atoms with Gasteiger partial charge >= 0.3 is 5.97 Å². The number of ether oxygens (including phenoxy) is 1. The van der Waals surface area contributed by atoms with Crippen molar-refractivity contribution >= 4 is 5.97 Å². The summed E-state index contributed by atoms with van der Waals surface area (Å²) in [4.78, 5) is 15.8. The van der Waals surface area contributed by atoms with Crippen molar-refractivity contribution in [1.29, 1.82) is 5.26 Å². The second-order valence-electron chi connectivity index (χ2n) is 8.10. The third-order valence-corrected chi connectivity index (χ3v) is 5.47. The third-order valence-electron chi connectivity index (χ3n) is 5.47. The number of hydrogen-bond donors (Lipinski definition) is 2. The van der Waals surface area contributed by atoms with Gasteiger partial charge in [0.05, 0.1) is 11.7 Å². The molecule has 2 N–H and O–H groups in total. The van der Waals surface area contributed by atoms with E-state index in [1.165, 1.54) is 0 Å². The normalized spacial score (nSPS) is 15.9. The molecule has 8 nitrogen and oxygen atoms in total. The van der Waals surface area contributed by atoms with Crippen molar-refractivity contribution in [2.45, 2.75) is 51.8 Å². The Kier molecular flexibility index (Phi) is 5.93. The van der Waals surface area contributed by atoms with Crippen LogP contribution in [0.15, 0.2) is 40.9 Å². The van der Waals surface area contributed by atoms with Crippen molar-refractivity contribution in [2.24, 2.45) is 0 Å². The molecule has 1 aromatic heterocycles.